The normalized spacial score (nSPS) is 26.1. The van der Waals surface area contributed by atoms with E-state index < -0.39 is 58.0 Å². The number of esters is 1. The Labute approximate surface area is 236 Å². The van der Waals surface area contributed by atoms with Crippen molar-refractivity contribution in [2.45, 2.75) is 48.8 Å². The lowest BCUT2D eigenvalue weighted by atomic mass is 9.97. The quantitative estimate of drug-likeness (QED) is 0.165. The average Bonchev–Trinajstić information content (AvgIpc) is 2.98. The number of non-ortho nitro benzene ring substituents is 1. The predicted octanol–water partition coefficient (Wildman–Crippen LogP) is 3.69. The monoisotopic (exact) mass is 585 g/mol. The van der Waals surface area contributed by atoms with Gasteiger partial charge in [-0.15, -0.1) is 0 Å². The van der Waals surface area contributed by atoms with Crippen molar-refractivity contribution in [1.82, 2.24) is 0 Å². The van der Waals surface area contributed by atoms with Crippen LogP contribution < -0.4 is 0 Å². The number of hydrogen-bond acceptors (Lipinski definition) is 11. The minimum absolute atomic E-state index is 0.000538. The Balaban J connectivity index is 1.49. The maximum Gasteiger partial charge on any atom is 0.338 e. The largest absolute Gasteiger partial charge is 0.453 e. The maximum atomic E-state index is 13.3. The van der Waals surface area contributed by atoms with E-state index in [1.54, 1.807) is 36.4 Å². The standard InChI is InChI=1S/C28H27NO11S/c1-17-8-14-21(15-9-17)41(33,34)40-25-24(38-26(30)18-10-12-20(13-11-18)29(31)32)23-22(37-28(25)35-2)16-36-27(39-23)19-6-4-3-5-7-19/h3-15,22-25,27-28H,16H2,1-2H3. The Morgan fingerprint density at radius 1 is 0.951 bits per heavy atom. The molecule has 2 aliphatic rings. The molecule has 3 aromatic rings. The predicted molar refractivity (Wildman–Crippen MR) is 141 cm³/mol. The lowest BCUT2D eigenvalue weighted by Gasteiger charge is -2.47. The Morgan fingerprint density at radius 2 is 1.63 bits per heavy atom. The molecule has 41 heavy (non-hydrogen) atoms. The summed E-state index contributed by atoms with van der Waals surface area (Å²) in [7, 11) is -3.09. The molecule has 0 radical (unpaired) electrons. The third-order valence-electron chi connectivity index (χ3n) is 6.69. The van der Waals surface area contributed by atoms with Crippen LogP contribution in [0.4, 0.5) is 5.69 Å². The van der Waals surface area contributed by atoms with E-state index in [-0.39, 0.29) is 22.8 Å². The minimum Gasteiger partial charge on any atom is -0.453 e. The van der Waals surface area contributed by atoms with E-state index in [4.69, 9.17) is 27.9 Å². The van der Waals surface area contributed by atoms with Crippen molar-refractivity contribution < 1.29 is 46.0 Å². The summed E-state index contributed by atoms with van der Waals surface area (Å²) >= 11 is 0. The van der Waals surface area contributed by atoms with Gasteiger partial charge >= 0.3 is 5.97 Å². The number of hydrogen-bond donors (Lipinski definition) is 0. The number of fused-ring (bicyclic) bond motifs is 1. The summed E-state index contributed by atoms with van der Waals surface area (Å²) in [4.78, 5) is 23.6. The minimum atomic E-state index is -4.38. The molecule has 12 nitrogen and oxygen atoms in total. The van der Waals surface area contributed by atoms with Crippen LogP contribution in [0.2, 0.25) is 0 Å². The van der Waals surface area contributed by atoms with Crippen molar-refractivity contribution >= 4 is 21.8 Å². The number of benzene rings is 3. The summed E-state index contributed by atoms with van der Waals surface area (Å²) in [6.07, 6.45) is -6.82. The topological polar surface area (TPSA) is 150 Å². The highest BCUT2D eigenvalue weighted by atomic mass is 32.2. The molecule has 2 fully saturated rings. The smallest absolute Gasteiger partial charge is 0.338 e. The van der Waals surface area contributed by atoms with Crippen LogP contribution in [0, 0.1) is 17.0 Å². The van der Waals surface area contributed by atoms with Crippen LogP contribution in [0.1, 0.15) is 27.8 Å². The first kappa shape index (κ1) is 28.8. The van der Waals surface area contributed by atoms with Gasteiger partial charge in [-0.25, -0.2) is 4.79 Å². The zero-order chi connectivity index (χ0) is 29.1. The number of ether oxygens (including phenoxy) is 5. The number of carbonyl (C=O) groups excluding carboxylic acids is 1. The van der Waals surface area contributed by atoms with Crippen LogP contribution in [0.3, 0.4) is 0 Å². The molecule has 0 aliphatic carbocycles. The summed E-state index contributed by atoms with van der Waals surface area (Å²) in [5.41, 5.74) is 1.32. The third-order valence-corrected chi connectivity index (χ3v) is 8.02. The zero-order valence-electron chi connectivity index (χ0n) is 22.0. The van der Waals surface area contributed by atoms with Crippen LogP contribution in [0.5, 0.6) is 0 Å². The van der Waals surface area contributed by atoms with Crippen LogP contribution in [0.15, 0.2) is 83.8 Å². The molecule has 0 N–H and O–H groups in total. The summed E-state index contributed by atoms with van der Waals surface area (Å²) in [6, 6.07) is 19.9. The summed E-state index contributed by atoms with van der Waals surface area (Å²) < 4.78 is 61.6. The number of aryl methyl sites for hydroxylation is 1. The first-order valence-electron chi connectivity index (χ1n) is 12.6. The molecule has 5 rings (SSSR count). The van der Waals surface area contributed by atoms with E-state index in [1.165, 1.54) is 31.4 Å². The molecule has 2 aliphatic heterocycles. The molecule has 13 heteroatoms. The van der Waals surface area contributed by atoms with Gasteiger partial charge in [0.05, 0.1) is 22.0 Å². The van der Waals surface area contributed by atoms with Crippen LogP contribution in [-0.4, -0.2) is 63.7 Å². The van der Waals surface area contributed by atoms with Crippen molar-refractivity contribution in [2.75, 3.05) is 13.7 Å². The molecular formula is C28H27NO11S. The summed E-state index contributed by atoms with van der Waals surface area (Å²) in [5.74, 6) is -0.881. The second-order valence-corrected chi connectivity index (χ2v) is 11.0. The van der Waals surface area contributed by atoms with E-state index >= 15 is 0 Å². The van der Waals surface area contributed by atoms with Gasteiger partial charge in [-0.05, 0) is 31.2 Å². The van der Waals surface area contributed by atoms with Crippen LogP contribution in [0.25, 0.3) is 0 Å². The fourth-order valence-electron chi connectivity index (χ4n) is 4.57. The van der Waals surface area contributed by atoms with Gasteiger partial charge in [-0.1, -0.05) is 48.0 Å². The number of nitro benzene ring substituents is 1. The lowest BCUT2D eigenvalue weighted by molar-refractivity contribution is -0.384. The molecule has 216 valence electrons. The number of nitro groups is 1. The molecular weight excluding hydrogens is 558 g/mol. The van der Waals surface area contributed by atoms with E-state index in [0.29, 0.717) is 5.56 Å². The van der Waals surface area contributed by atoms with E-state index in [9.17, 15) is 23.3 Å². The van der Waals surface area contributed by atoms with Crippen LogP contribution >= 0.6 is 0 Å². The molecule has 0 amide bonds. The van der Waals surface area contributed by atoms with Gasteiger partial charge in [0.1, 0.15) is 12.2 Å². The number of methoxy groups -OCH3 is 1. The number of rotatable bonds is 8. The Bertz CT molecular complexity index is 1480. The van der Waals surface area contributed by atoms with Gasteiger partial charge in [0.2, 0.25) is 0 Å². The summed E-state index contributed by atoms with van der Waals surface area (Å²) in [5, 5.41) is 11.0. The molecule has 3 aromatic carbocycles. The molecule has 0 bridgehead atoms. The molecule has 2 heterocycles. The van der Waals surface area contributed by atoms with E-state index in [1.807, 2.05) is 13.0 Å². The van der Waals surface area contributed by atoms with Crippen molar-refractivity contribution in [3.8, 4) is 0 Å². The molecule has 0 spiro atoms. The second kappa shape index (κ2) is 12.0. The highest BCUT2D eigenvalue weighted by molar-refractivity contribution is 7.86. The average molecular weight is 586 g/mol. The van der Waals surface area contributed by atoms with Gasteiger partial charge in [0.25, 0.3) is 15.8 Å². The summed E-state index contributed by atoms with van der Waals surface area (Å²) in [6.45, 7) is 1.83. The fourth-order valence-corrected chi connectivity index (χ4v) is 5.64. The SMILES string of the molecule is COC1OC2COC(c3ccccc3)OC2C(OC(=O)c2ccc([N+](=O)[O-])cc2)C1OS(=O)(=O)c1ccc(C)cc1. The lowest BCUT2D eigenvalue weighted by Crippen LogP contribution is -2.64. The molecule has 6 unspecified atom stereocenters. The number of nitrogens with zero attached hydrogens (tertiary/aromatic N) is 1. The first-order chi connectivity index (χ1) is 19.7. The highest BCUT2D eigenvalue weighted by Gasteiger charge is 2.54. The van der Waals surface area contributed by atoms with Gasteiger partial charge in [-0.2, -0.15) is 8.42 Å². The number of carbonyl (C=O) groups is 1. The Morgan fingerprint density at radius 3 is 2.27 bits per heavy atom. The van der Waals surface area contributed by atoms with Gasteiger partial charge in [0.15, 0.2) is 24.8 Å². The second-order valence-electron chi connectivity index (χ2n) is 9.46. The Hall–Kier alpha value is -3.72. The van der Waals surface area contributed by atoms with Crippen molar-refractivity contribution in [2.24, 2.45) is 0 Å². The van der Waals surface area contributed by atoms with Crippen molar-refractivity contribution in [1.29, 1.82) is 0 Å². The van der Waals surface area contributed by atoms with Gasteiger partial charge in [-0.3, -0.25) is 14.3 Å². The highest BCUT2D eigenvalue weighted by Crippen LogP contribution is 2.38. The Kier molecular flexibility index (Phi) is 8.45. The van der Waals surface area contributed by atoms with Gasteiger partial charge in [0, 0.05) is 24.8 Å². The van der Waals surface area contributed by atoms with E-state index in [0.717, 1.165) is 17.7 Å². The van der Waals surface area contributed by atoms with Crippen LogP contribution in [-0.2, 0) is 38.0 Å². The fraction of sp³-hybridized carbons (Fsp3) is 0.321. The van der Waals surface area contributed by atoms with Crippen molar-refractivity contribution in [3.05, 3.63) is 106 Å². The molecule has 0 aromatic heterocycles. The first-order valence-corrected chi connectivity index (χ1v) is 14.0. The molecule has 2 saturated heterocycles. The third kappa shape index (κ3) is 6.30. The van der Waals surface area contributed by atoms with Crippen molar-refractivity contribution in [3.63, 3.8) is 0 Å². The maximum absolute atomic E-state index is 13.3. The van der Waals surface area contributed by atoms with E-state index in [2.05, 4.69) is 0 Å². The molecule has 0 saturated carbocycles. The van der Waals surface area contributed by atoms with Gasteiger partial charge < -0.3 is 23.7 Å². The zero-order valence-corrected chi connectivity index (χ0v) is 22.8. The molecule has 6 atom stereocenters.